The first kappa shape index (κ1) is 14.4. The summed E-state index contributed by atoms with van der Waals surface area (Å²) >= 11 is 6.67. The van der Waals surface area contributed by atoms with Crippen molar-refractivity contribution < 1.29 is 4.79 Å². The number of aromatic amines is 2. The van der Waals surface area contributed by atoms with Crippen LogP contribution in [0.3, 0.4) is 0 Å². The highest BCUT2D eigenvalue weighted by Gasteiger charge is 2.11. The van der Waals surface area contributed by atoms with Crippen molar-refractivity contribution in [1.82, 2.24) is 15.3 Å². The number of para-hydroxylation sites is 1. The molecule has 3 rings (SSSR count). The molecule has 0 saturated heterocycles. The van der Waals surface area contributed by atoms with Gasteiger partial charge in [-0.2, -0.15) is 0 Å². The van der Waals surface area contributed by atoms with Crippen LogP contribution in [0.4, 0.5) is 0 Å². The molecule has 0 radical (unpaired) electrons. The summed E-state index contributed by atoms with van der Waals surface area (Å²) < 4.78 is 1.61. The number of rotatable bonds is 4. The normalized spacial score (nSPS) is 11.0. The highest BCUT2D eigenvalue weighted by molar-refractivity contribution is 9.13. The minimum absolute atomic E-state index is 0.110. The van der Waals surface area contributed by atoms with Gasteiger partial charge in [0.05, 0.1) is 9.08 Å². The lowest BCUT2D eigenvalue weighted by atomic mass is 10.1. The van der Waals surface area contributed by atoms with E-state index < -0.39 is 0 Å². The summed E-state index contributed by atoms with van der Waals surface area (Å²) in [7, 11) is 0. The highest BCUT2D eigenvalue weighted by Crippen LogP contribution is 2.23. The van der Waals surface area contributed by atoms with Crippen molar-refractivity contribution >= 4 is 48.7 Å². The van der Waals surface area contributed by atoms with Crippen molar-refractivity contribution in [3.8, 4) is 0 Å². The van der Waals surface area contributed by atoms with Crippen LogP contribution in [0.1, 0.15) is 16.1 Å². The fourth-order valence-corrected chi connectivity index (χ4v) is 2.93. The summed E-state index contributed by atoms with van der Waals surface area (Å²) in [6, 6.07) is 9.91. The van der Waals surface area contributed by atoms with Crippen LogP contribution in [0.15, 0.2) is 45.6 Å². The van der Waals surface area contributed by atoms with Gasteiger partial charge in [-0.3, -0.25) is 4.79 Å². The van der Waals surface area contributed by atoms with Gasteiger partial charge in [0, 0.05) is 23.6 Å². The monoisotopic (exact) mass is 409 g/mol. The fraction of sp³-hybridized carbons (Fsp3) is 0.133. The molecular formula is C15H13Br2N3O. The van der Waals surface area contributed by atoms with E-state index in [1.54, 1.807) is 6.07 Å². The molecule has 108 valence electrons. The van der Waals surface area contributed by atoms with Gasteiger partial charge in [-0.1, -0.05) is 18.2 Å². The molecule has 2 aromatic heterocycles. The van der Waals surface area contributed by atoms with Crippen LogP contribution in [0, 0.1) is 0 Å². The maximum absolute atomic E-state index is 12.0. The zero-order valence-corrected chi connectivity index (χ0v) is 14.2. The molecule has 0 unspecified atom stereocenters. The van der Waals surface area contributed by atoms with Crippen LogP contribution in [0.25, 0.3) is 10.9 Å². The Morgan fingerprint density at radius 3 is 2.81 bits per heavy atom. The number of benzene rings is 1. The molecule has 21 heavy (non-hydrogen) atoms. The summed E-state index contributed by atoms with van der Waals surface area (Å²) in [5.41, 5.74) is 2.86. The molecule has 0 bridgehead atoms. The second-order valence-electron chi connectivity index (χ2n) is 4.71. The lowest BCUT2D eigenvalue weighted by molar-refractivity contribution is 0.0949. The molecule has 0 aliphatic carbocycles. The zero-order chi connectivity index (χ0) is 14.8. The first-order valence-corrected chi connectivity index (χ1v) is 8.11. The van der Waals surface area contributed by atoms with Crippen molar-refractivity contribution in [1.29, 1.82) is 0 Å². The van der Waals surface area contributed by atoms with Crippen LogP contribution in [-0.4, -0.2) is 22.4 Å². The van der Waals surface area contributed by atoms with E-state index in [9.17, 15) is 4.79 Å². The Kier molecular flexibility index (Phi) is 4.17. The molecule has 3 aromatic rings. The number of hydrogen-bond acceptors (Lipinski definition) is 1. The molecule has 1 aromatic carbocycles. The number of hydrogen-bond donors (Lipinski definition) is 3. The maximum atomic E-state index is 12.0. The molecule has 3 N–H and O–H groups in total. The molecule has 4 nitrogen and oxygen atoms in total. The number of H-pyrrole nitrogens is 2. The van der Waals surface area contributed by atoms with Gasteiger partial charge in [0.15, 0.2) is 0 Å². The third-order valence-electron chi connectivity index (χ3n) is 3.32. The second kappa shape index (κ2) is 6.07. The topological polar surface area (TPSA) is 60.7 Å². The first-order valence-electron chi connectivity index (χ1n) is 6.52. The van der Waals surface area contributed by atoms with Gasteiger partial charge in [-0.15, -0.1) is 0 Å². The molecule has 0 aliphatic heterocycles. The minimum atomic E-state index is -0.110. The molecule has 1 amide bonds. The number of halogens is 2. The molecule has 0 aliphatic rings. The van der Waals surface area contributed by atoms with Gasteiger partial charge >= 0.3 is 0 Å². The van der Waals surface area contributed by atoms with E-state index in [1.807, 2.05) is 24.4 Å². The maximum Gasteiger partial charge on any atom is 0.267 e. The van der Waals surface area contributed by atoms with Crippen molar-refractivity contribution in [2.75, 3.05) is 6.54 Å². The quantitative estimate of drug-likeness (QED) is 0.598. The van der Waals surface area contributed by atoms with E-state index in [0.29, 0.717) is 12.2 Å². The number of fused-ring (bicyclic) bond motifs is 1. The van der Waals surface area contributed by atoms with E-state index in [-0.39, 0.29) is 5.91 Å². The predicted octanol–water partition coefficient (Wildman–Crippen LogP) is 3.99. The average Bonchev–Trinajstić information content (AvgIpc) is 3.04. The highest BCUT2D eigenvalue weighted by atomic mass is 79.9. The van der Waals surface area contributed by atoms with Crippen molar-refractivity contribution in [3.05, 3.63) is 56.9 Å². The molecule has 0 spiro atoms. The summed E-state index contributed by atoms with van der Waals surface area (Å²) in [6.45, 7) is 0.592. The summed E-state index contributed by atoms with van der Waals surface area (Å²) in [5, 5.41) is 4.12. The minimum Gasteiger partial charge on any atom is -0.361 e. The zero-order valence-electron chi connectivity index (χ0n) is 11.0. The Bertz CT molecular complexity index is 772. The summed E-state index contributed by atoms with van der Waals surface area (Å²) in [6.07, 6.45) is 2.79. The van der Waals surface area contributed by atoms with E-state index in [0.717, 1.165) is 21.0 Å². The van der Waals surface area contributed by atoms with E-state index in [2.05, 4.69) is 53.2 Å². The van der Waals surface area contributed by atoms with Crippen molar-refractivity contribution in [2.24, 2.45) is 0 Å². The van der Waals surface area contributed by atoms with Crippen LogP contribution < -0.4 is 5.32 Å². The predicted molar refractivity (Wildman–Crippen MR) is 90.5 cm³/mol. The van der Waals surface area contributed by atoms with Crippen LogP contribution in [-0.2, 0) is 6.42 Å². The number of carbonyl (C=O) groups is 1. The third-order valence-corrected chi connectivity index (χ3v) is 5.11. The van der Waals surface area contributed by atoms with E-state index >= 15 is 0 Å². The molecular weight excluding hydrogens is 398 g/mol. The molecule has 0 atom stereocenters. The number of amides is 1. The summed E-state index contributed by atoms with van der Waals surface area (Å²) in [5.74, 6) is -0.110. The van der Waals surface area contributed by atoms with E-state index in [4.69, 9.17) is 0 Å². The average molecular weight is 411 g/mol. The SMILES string of the molecule is O=C(NCCc1c[nH]c2ccccc12)c1cc(Br)c(Br)[nH]1. The third kappa shape index (κ3) is 3.06. The smallest absolute Gasteiger partial charge is 0.267 e. The van der Waals surface area contributed by atoms with Gasteiger partial charge in [0.25, 0.3) is 5.91 Å². The lowest BCUT2D eigenvalue weighted by Gasteiger charge is -2.03. The number of nitrogens with one attached hydrogen (secondary N) is 3. The van der Waals surface area contributed by atoms with Crippen molar-refractivity contribution in [2.45, 2.75) is 6.42 Å². The molecule has 0 fully saturated rings. The van der Waals surface area contributed by atoms with Gasteiger partial charge < -0.3 is 15.3 Å². The number of carbonyl (C=O) groups excluding carboxylic acids is 1. The standard InChI is InChI=1S/C15H13Br2N3O/c16-11-7-13(20-14(11)17)15(21)18-6-5-9-8-19-12-4-2-1-3-10(9)12/h1-4,7-8,19-20H,5-6H2,(H,18,21). The first-order chi connectivity index (χ1) is 10.1. The van der Waals surface area contributed by atoms with Gasteiger partial charge in [-0.05, 0) is 56.0 Å². The largest absolute Gasteiger partial charge is 0.361 e. The Morgan fingerprint density at radius 2 is 2.05 bits per heavy atom. The Hall–Kier alpha value is -1.53. The molecule has 2 heterocycles. The second-order valence-corrected chi connectivity index (χ2v) is 6.36. The van der Waals surface area contributed by atoms with Gasteiger partial charge in [0.1, 0.15) is 5.69 Å². The Balaban J connectivity index is 1.62. The fourth-order valence-electron chi connectivity index (χ4n) is 2.27. The summed E-state index contributed by atoms with van der Waals surface area (Å²) in [4.78, 5) is 18.2. The van der Waals surface area contributed by atoms with Crippen molar-refractivity contribution in [3.63, 3.8) is 0 Å². The van der Waals surface area contributed by atoms with Crippen LogP contribution in [0.5, 0.6) is 0 Å². The van der Waals surface area contributed by atoms with Crippen LogP contribution >= 0.6 is 31.9 Å². The number of aromatic nitrogens is 2. The molecule has 6 heteroatoms. The van der Waals surface area contributed by atoms with E-state index in [1.165, 1.54) is 10.9 Å². The van der Waals surface area contributed by atoms with Crippen LogP contribution in [0.2, 0.25) is 0 Å². The van der Waals surface area contributed by atoms with Gasteiger partial charge in [-0.25, -0.2) is 0 Å². The Labute approximate surface area is 138 Å². The lowest BCUT2D eigenvalue weighted by Crippen LogP contribution is -2.25. The van der Waals surface area contributed by atoms with Gasteiger partial charge in [0.2, 0.25) is 0 Å². The Morgan fingerprint density at radius 1 is 1.24 bits per heavy atom. The molecule has 0 saturated carbocycles.